The number of rotatable bonds is 4. The molecule has 1 aliphatic carbocycles. The Morgan fingerprint density at radius 1 is 1.26 bits per heavy atom. The molecule has 0 nitrogen and oxygen atoms in total. The summed E-state index contributed by atoms with van der Waals surface area (Å²) in [7, 11) is 0. The molecule has 1 aromatic carbocycles. The molecule has 1 aromatic rings. The molecule has 0 saturated carbocycles. The molecule has 106 valence electrons. The van der Waals surface area contributed by atoms with Gasteiger partial charge in [-0.05, 0) is 36.8 Å². The normalized spacial score (nSPS) is 23.2. The Morgan fingerprint density at radius 2 is 2.00 bits per heavy atom. The second-order valence-corrected chi connectivity index (χ2v) is 6.69. The molecule has 1 unspecified atom stereocenters. The van der Waals surface area contributed by atoms with Crippen molar-refractivity contribution in [1.29, 1.82) is 0 Å². The van der Waals surface area contributed by atoms with Gasteiger partial charge in [0.2, 0.25) is 0 Å². The van der Waals surface area contributed by atoms with Crippen LogP contribution in [0.4, 0.5) is 13.2 Å². The Kier molecular flexibility index (Phi) is 4.88. The molecule has 0 N–H and O–H groups in total. The summed E-state index contributed by atoms with van der Waals surface area (Å²) in [5.74, 6) is 0.128. The van der Waals surface area contributed by atoms with Crippen LogP contribution >= 0.6 is 27.7 Å². The lowest BCUT2D eigenvalue weighted by Crippen LogP contribution is -2.33. The van der Waals surface area contributed by atoms with Gasteiger partial charge in [0.25, 0.3) is 0 Å². The predicted octanol–water partition coefficient (Wildman–Crippen LogP) is 5.30. The lowest BCUT2D eigenvalue weighted by molar-refractivity contribution is -0.0328. The standard InChI is InChI=1S/C14H16BrF3S/c15-10-13(8-9-19-14(16,17)18)7-3-5-11-4-1-2-6-12(11)13/h1-2,4,6H,3,5,7-10H2. The van der Waals surface area contributed by atoms with Crippen molar-refractivity contribution in [2.75, 3.05) is 11.1 Å². The quantitative estimate of drug-likeness (QED) is 0.662. The van der Waals surface area contributed by atoms with E-state index in [4.69, 9.17) is 0 Å². The van der Waals surface area contributed by atoms with Gasteiger partial charge in [0.05, 0.1) is 0 Å². The zero-order valence-corrected chi connectivity index (χ0v) is 12.9. The number of thioether (sulfide) groups is 1. The van der Waals surface area contributed by atoms with Crippen LogP contribution in [0.25, 0.3) is 0 Å². The number of alkyl halides is 4. The van der Waals surface area contributed by atoms with Crippen molar-refractivity contribution in [1.82, 2.24) is 0 Å². The Hall–Kier alpha value is -0.160. The van der Waals surface area contributed by atoms with Gasteiger partial charge < -0.3 is 0 Å². The van der Waals surface area contributed by atoms with E-state index in [0.717, 1.165) is 24.6 Å². The van der Waals surface area contributed by atoms with Gasteiger partial charge in [-0.25, -0.2) is 0 Å². The molecule has 0 heterocycles. The molecule has 0 saturated heterocycles. The third kappa shape index (κ3) is 3.69. The number of hydrogen-bond acceptors (Lipinski definition) is 1. The first-order valence-electron chi connectivity index (χ1n) is 6.32. The number of benzene rings is 1. The molecular formula is C14H16BrF3S. The Morgan fingerprint density at radius 3 is 2.68 bits per heavy atom. The van der Waals surface area contributed by atoms with Crippen LogP contribution in [0.1, 0.15) is 30.4 Å². The minimum absolute atomic E-state index is 0.0950. The molecule has 0 fully saturated rings. The van der Waals surface area contributed by atoms with Crippen LogP contribution < -0.4 is 0 Å². The van der Waals surface area contributed by atoms with E-state index in [1.165, 1.54) is 11.1 Å². The van der Waals surface area contributed by atoms with Gasteiger partial charge in [-0.3, -0.25) is 0 Å². The SMILES string of the molecule is FC(F)(F)SCCC1(CBr)CCCc2ccccc21. The first-order valence-corrected chi connectivity index (χ1v) is 8.43. The maximum Gasteiger partial charge on any atom is 0.441 e. The van der Waals surface area contributed by atoms with Crippen LogP contribution in [0.15, 0.2) is 24.3 Å². The van der Waals surface area contributed by atoms with E-state index >= 15 is 0 Å². The van der Waals surface area contributed by atoms with E-state index < -0.39 is 5.51 Å². The highest BCUT2D eigenvalue weighted by molar-refractivity contribution is 9.09. The zero-order valence-electron chi connectivity index (χ0n) is 10.5. The van der Waals surface area contributed by atoms with Gasteiger partial charge in [-0.1, -0.05) is 52.0 Å². The van der Waals surface area contributed by atoms with Crippen molar-refractivity contribution in [3.8, 4) is 0 Å². The van der Waals surface area contributed by atoms with Gasteiger partial charge in [0, 0.05) is 16.5 Å². The minimum atomic E-state index is -4.12. The minimum Gasteiger partial charge on any atom is -0.160 e. The second kappa shape index (κ2) is 6.08. The lowest BCUT2D eigenvalue weighted by atomic mass is 9.70. The second-order valence-electron chi connectivity index (χ2n) is 4.97. The van der Waals surface area contributed by atoms with Crippen LogP contribution in [0.3, 0.4) is 0 Å². The Labute approximate surface area is 124 Å². The number of fused-ring (bicyclic) bond motifs is 1. The maximum atomic E-state index is 12.3. The molecule has 2 rings (SSSR count). The molecule has 0 spiro atoms. The molecule has 19 heavy (non-hydrogen) atoms. The first-order chi connectivity index (χ1) is 8.97. The van der Waals surface area contributed by atoms with Gasteiger partial charge in [0.15, 0.2) is 0 Å². The van der Waals surface area contributed by atoms with Gasteiger partial charge in [0.1, 0.15) is 0 Å². The number of aryl methyl sites for hydroxylation is 1. The van der Waals surface area contributed by atoms with Crippen molar-refractivity contribution in [2.24, 2.45) is 0 Å². The summed E-state index contributed by atoms with van der Waals surface area (Å²) >= 11 is 3.62. The van der Waals surface area contributed by atoms with Crippen molar-refractivity contribution in [2.45, 2.75) is 36.6 Å². The number of hydrogen-bond donors (Lipinski definition) is 0. The van der Waals surface area contributed by atoms with Crippen LogP contribution in [-0.4, -0.2) is 16.6 Å². The highest BCUT2D eigenvalue weighted by Gasteiger charge is 2.37. The van der Waals surface area contributed by atoms with Crippen molar-refractivity contribution in [3.05, 3.63) is 35.4 Å². The molecule has 0 aromatic heterocycles. The highest BCUT2D eigenvalue weighted by Crippen LogP contribution is 2.43. The highest BCUT2D eigenvalue weighted by atomic mass is 79.9. The van der Waals surface area contributed by atoms with Crippen LogP contribution in [0.2, 0.25) is 0 Å². The van der Waals surface area contributed by atoms with Crippen molar-refractivity contribution < 1.29 is 13.2 Å². The monoisotopic (exact) mass is 352 g/mol. The van der Waals surface area contributed by atoms with E-state index in [0.29, 0.717) is 6.42 Å². The van der Waals surface area contributed by atoms with E-state index in [1.807, 2.05) is 12.1 Å². The fraction of sp³-hybridized carbons (Fsp3) is 0.571. The molecular weight excluding hydrogens is 337 g/mol. The van der Waals surface area contributed by atoms with E-state index in [9.17, 15) is 13.2 Å². The molecule has 0 aliphatic heterocycles. The lowest BCUT2D eigenvalue weighted by Gasteiger charge is -2.38. The summed E-state index contributed by atoms with van der Waals surface area (Å²) < 4.78 is 36.9. The molecule has 5 heteroatoms. The summed E-state index contributed by atoms with van der Waals surface area (Å²) in [5.41, 5.74) is -1.72. The maximum absolute atomic E-state index is 12.3. The van der Waals surface area contributed by atoms with Gasteiger partial charge in [-0.15, -0.1) is 0 Å². The van der Waals surface area contributed by atoms with Crippen molar-refractivity contribution in [3.63, 3.8) is 0 Å². The van der Waals surface area contributed by atoms with Crippen LogP contribution in [0.5, 0.6) is 0 Å². The smallest absolute Gasteiger partial charge is 0.160 e. The summed E-state index contributed by atoms with van der Waals surface area (Å²) in [4.78, 5) is 0. The molecule has 1 aliphatic rings. The first kappa shape index (κ1) is 15.2. The molecule has 0 bridgehead atoms. The third-order valence-electron chi connectivity index (χ3n) is 3.79. The van der Waals surface area contributed by atoms with Gasteiger partial charge >= 0.3 is 5.51 Å². The van der Waals surface area contributed by atoms with E-state index in [-0.39, 0.29) is 22.9 Å². The fourth-order valence-electron chi connectivity index (χ4n) is 2.83. The predicted molar refractivity (Wildman–Crippen MR) is 78.0 cm³/mol. The van der Waals surface area contributed by atoms with E-state index in [2.05, 4.69) is 28.1 Å². The zero-order chi connectivity index (χ0) is 13.9. The Balaban J connectivity index is 2.15. The van der Waals surface area contributed by atoms with E-state index in [1.54, 1.807) is 0 Å². The summed E-state index contributed by atoms with van der Waals surface area (Å²) in [6.45, 7) is 0. The van der Waals surface area contributed by atoms with Crippen LogP contribution in [0, 0.1) is 0 Å². The average molecular weight is 353 g/mol. The van der Waals surface area contributed by atoms with Crippen LogP contribution in [-0.2, 0) is 11.8 Å². The fourth-order valence-corrected chi connectivity index (χ4v) is 4.42. The summed E-state index contributed by atoms with van der Waals surface area (Å²) in [6, 6.07) is 8.17. The topological polar surface area (TPSA) is 0 Å². The largest absolute Gasteiger partial charge is 0.441 e. The van der Waals surface area contributed by atoms with Crippen molar-refractivity contribution >= 4 is 27.7 Å². The molecule has 0 radical (unpaired) electrons. The summed E-state index contributed by atoms with van der Waals surface area (Å²) in [6.07, 6.45) is 3.63. The third-order valence-corrected chi connectivity index (χ3v) is 5.60. The molecule has 0 amide bonds. The number of halogens is 4. The Bertz CT molecular complexity index is 433. The molecule has 1 atom stereocenters. The average Bonchev–Trinajstić information content (AvgIpc) is 2.37. The summed E-state index contributed by atoms with van der Waals surface area (Å²) in [5, 5.41) is 0.732. The van der Waals surface area contributed by atoms with Gasteiger partial charge in [-0.2, -0.15) is 13.2 Å².